The zero-order chi connectivity index (χ0) is 16.3. The van der Waals surface area contributed by atoms with Crippen LogP contribution in [0.2, 0.25) is 0 Å². The van der Waals surface area contributed by atoms with Gasteiger partial charge in [-0.2, -0.15) is 0 Å². The molecule has 1 aromatic rings. The SMILES string of the molecule is Cl.NC1C2CCCC1CC(C(=O)NC1C3CCc4ccccc4C31)C2. The smallest absolute Gasteiger partial charge is 0.223 e. The fourth-order valence-electron chi connectivity index (χ4n) is 6.05. The highest BCUT2D eigenvalue weighted by Gasteiger charge is 2.54. The van der Waals surface area contributed by atoms with Crippen LogP contribution in [0.15, 0.2) is 24.3 Å². The monoisotopic (exact) mass is 360 g/mol. The van der Waals surface area contributed by atoms with Gasteiger partial charge in [0.15, 0.2) is 0 Å². The first-order valence-electron chi connectivity index (χ1n) is 9.86. The van der Waals surface area contributed by atoms with E-state index in [9.17, 15) is 4.79 Å². The first-order valence-corrected chi connectivity index (χ1v) is 9.86. The topological polar surface area (TPSA) is 55.1 Å². The largest absolute Gasteiger partial charge is 0.352 e. The first kappa shape index (κ1) is 17.4. The molecule has 3 N–H and O–H groups in total. The van der Waals surface area contributed by atoms with Crippen LogP contribution in [-0.2, 0) is 11.2 Å². The summed E-state index contributed by atoms with van der Waals surface area (Å²) in [4.78, 5) is 12.9. The molecule has 4 heteroatoms. The lowest BCUT2D eigenvalue weighted by atomic mass is 9.65. The molecule has 0 spiro atoms. The number of fused-ring (bicyclic) bond motifs is 5. The number of nitrogens with one attached hydrogen (secondary N) is 1. The van der Waals surface area contributed by atoms with Gasteiger partial charge >= 0.3 is 0 Å². The lowest BCUT2D eigenvalue weighted by molar-refractivity contribution is -0.128. The molecule has 4 aliphatic rings. The number of hydrogen-bond donors (Lipinski definition) is 2. The summed E-state index contributed by atoms with van der Waals surface area (Å²) < 4.78 is 0. The summed E-state index contributed by atoms with van der Waals surface area (Å²) >= 11 is 0. The highest BCUT2D eigenvalue weighted by atomic mass is 35.5. The average molecular weight is 361 g/mol. The molecule has 0 aliphatic heterocycles. The van der Waals surface area contributed by atoms with Crippen LogP contribution in [0.3, 0.4) is 0 Å². The summed E-state index contributed by atoms with van der Waals surface area (Å²) in [5.74, 6) is 2.93. The third kappa shape index (κ3) is 2.90. The highest BCUT2D eigenvalue weighted by Crippen LogP contribution is 2.54. The minimum Gasteiger partial charge on any atom is -0.352 e. The fraction of sp³-hybridized carbons (Fsp3) is 0.667. The van der Waals surface area contributed by atoms with Crippen molar-refractivity contribution in [2.75, 3.05) is 0 Å². The maximum Gasteiger partial charge on any atom is 0.223 e. The molecule has 0 saturated heterocycles. The van der Waals surface area contributed by atoms with Gasteiger partial charge in [0.05, 0.1) is 0 Å². The Morgan fingerprint density at radius 3 is 2.56 bits per heavy atom. The molecule has 25 heavy (non-hydrogen) atoms. The van der Waals surface area contributed by atoms with Crippen molar-refractivity contribution in [1.29, 1.82) is 0 Å². The minimum atomic E-state index is 0. The molecular weight excluding hydrogens is 332 g/mol. The summed E-state index contributed by atoms with van der Waals surface area (Å²) in [5, 5.41) is 3.43. The van der Waals surface area contributed by atoms with E-state index in [1.54, 1.807) is 0 Å². The molecule has 2 bridgehead atoms. The van der Waals surface area contributed by atoms with Crippen LogP contribution in [0.25, 0.3) is 0 Å². The lowest BCUT2D eigenvalue weighted by Crippen LogP contribution is -2.49. The third-order valence-corrected chi connectivity index (χ3v) is 7.42. The van der Waals surface area contributed by atoms with Gasteiger partial charge in [0.25, 0.3) is 0 Å². The van der Waals surface area contributed by atoms with Crippen molar-refractivity contribution >= 4 is 18.3 Å². The molecule has 3 fully saturated rings. The number of aryl methyl sites for hydroxylation is 1. The van der Waals surface area contributed by atoms with E-state index < -0.39 is 0 Å². The van der Waals surface area contributed by atoms with E-state index >= 15 is 0 Å². The maximum absolute atomic E-state index is 12.9. The van der Waals surface area contributed by atoms with Gasteiger partial charge in [0, 0.05) is 23.9 Å². The van der Waals surface area contributed by atoms with Crippen molar-refractivity contribution in [2.24, 2.45) is 29.4 Å². The second kappa shape index (κ2) is 6.59. The van der Waals surface area contributed by atoms with Crippen molar-refractivity contribution in [2.45, 2.75) is 62.9 Å². The molecular formula is C21H29ClN2O. The summed E-state index contributed by atoms with van der Waals surface area (Å²) in [5.41, 5.74) is 9.36. The number of nitrogens with two attached hydrogens (primary N) is 1. The van der Waals surface area contributed by atoms with Gasteiger partial charge in [-0.05, 0) is 67.4 Å². The second-order valence-corrected chi connectivity index (χ2v) is 8.66. The highest BCUT2D eigenvalue weighted by molar-refractivity contribution is 5.85. The van der Waals surface area contributed by atoms with Crippen molar-refractivity contribution in [3.63, 3.8) is 0 Å². The molecule has 5 unspecified atom stereocenters. The molecule has 0 heterocycles. The standard InChI is InChI=1S/C21H28N2O.ClH/c22-19-13-5-3-6-14(19)11-15(10-13)21(24)23-20-17-9-8-12-4-1-2-7-16(12)18(17)20;/h1-2,4,7,13-15,17-20H,3,5-6,8-11,22H2,(H,23,24);1H. The third-order valence-electron chi connectivity index (χ3n) is 7.42. The Morgan fingerprint density at radius 1 is 1.08 bits per heavy atom. The normalized spacial score (nSPS) is 40.9. The van der Waals surface area contributed by atoms with Crippen molar-refractivity contribution in [1.82, 2.24) is 5.32 Å². The zero-order valence-electron chi connectivity index (χ0n) is 14.7. The Bertz CT molecular complexity index is 649. The Kier molecular flexibility index (Phi) is 4.57. The van der Waals surface area contributed by atoms with E-state index in [4.69, 9.17) is 5.73 Å². The first-order chi connectivity index (χ1) is 11.7. The quantitative estimate of drug-likeness (QED) is 0.849. The van der Waals surface area contributed by atoms with E-state index in [2.05, 4.69) is 29.6 Å². The van der Waals surface area contributed by atoms with Crippen LogP contribution >= 0.6 is 12.4 Å². The van der Waals surface area contributed by atoms with E-state index in [-0.39, 0.29) is 18.3 Å². The summed E-state index contributed by atoms with van der Waals surface area (Å²) in [6, 6.07) is 9.53. The predicted octanol–water partition coefficient (Wildman–Crippen LogP) is 3.41. The van der Waals surface area contributed by atoms with Gasteiger partial charge in [0.1, 0.15) is 0 Å². The van der Waals surface area contributed by atoms with E-state index in [0.717, 1.165) is 12.8 Å². The van der Waals surface area contributed by atoms with Crippen molar-refractivity contribution < 1.29 is 4.79 Å². The number of halogens is 1. The molecule has 3 nitrogen and oxygen atoms in total. The number of carbonyl (C=O) groups excluding carboxylic acids is 1. The average Bonchev–Trinajstić information content (AvgIpc) is 3.28. The van der Waals surface area contributed by atoms with Gasteiger partial charge in [-0.25, -0.2) is 0 Å². The van der Waals surface area contributed by atoms with Gasteiger partial charge < -0.3 is 11.1 Å². The van der Waals surface area contributed by atoms with Gasteiger partial charge in [-0.3, -0.25) is 4.79 Å². The molecule has 136 valence electrons. The molecule has 0 radical (unpaired) electrons. The zero-order valence-corrected chi connectivity index (χ0v) is 15.5. The molecule has 1 amide bonds. The van der Waals surface area contributed by atoms with E-state index in [1.807, 2.05) is 0 Å². The van der Waals surface area contributed by atoms with Crippen LogP contribution in [0, 0.1) is 23.7 Å². The number of amides is 1. The van der Waals surface area contributed by atoms with Crippen LogP contribution in [0.4, 0.5) is 0 Å². The lowest BCUT2D eigenvalue weighted by Gasteiger charge is -2.43. The molecule has 0 aromatic heterocycles. The molecule has 5 atom stereocenters. The van der Waals surface area contributed by atoms with Crippen LogP contribution < -0.4 is 11.1 Å². The van der Waals surface area contributed by atoms with Gasteiger partial charge in [-0.1, -0.05) is 30.7 Å². The fourth-order valence-corrected chi connectivity index (χ4v) is 6.05. The van der Waals surface area contributed by atoms with E-state index in [1.165, 1.54) is 43.2 Å². The summed E-state index contributed by atoms with van der Waals surface area (Å²) in [6.45, 7) is 0. The molecule has 1 aromatic carbocycles. The Hall–Kier alpha value is -1.06. The van der Waals surface area contributed by atoms with Crippen LogP contribution in [-0.4, -0.2) is 18.0 Å². The molecule has 3 saturated carbocycles. The predicted molar refractivity (Wildman–Crippen MR) is 102 cm³/mol. The van der Waals surface area contributed by atoms with E-state index in [0.29, 0.717) is 41.7 Å². The number of hydrogen-bond acceptors (Lipinski definition) is 2. The van der Waals surface area contributed by atoms with Gasteiger partial charge in [-0.15, -0.1) is 12.4 Å². The molecule has 5 rings (SSSR count). The van der Waals surface area contributed by atoms with Crippen molar-refractivity contribution in [3.8, 4) is 0 Å². The number of rotatable bonds is 2. The number of carbonyl (C=O) groups is 1. The maximum atomic E-state index is 12.9. The summed E-state index contributed by atoms with van der Waals surface area (Å²) in [6.07, 6.45) is 8.19. The minimum absolute atomic E-state index is 0. The van der Waals surface area contributed by atoms with Crippen LogP contribution in [0.1, 0.15) is 55.6 Å². The Morgan fingerprint density at radius 2 is 1.80 bits per heavy atom. The summed E-state index contributed by atoms with van der Waals surface area (Å²) in [7, 11) is 0. The second-order valence-electron chi connectivity index (χ2n) is 8.66. The Balaban J connectivity index is 0.00000157. The molecule has 4 aliphatic carbocycles. The van der Waals surface area contributed by atoms with Gasteiger partial charge in [0.2, 0.25) is 5.91 Å². The number of benzene rings is 1. The van der Waals surface area contributed by atoms with Crippen molar-refractivity contribution in [3.05, 3.63) is 35.4 Å². The Labute approximate surface area is 156 Å². The van der Waals surface area contributed by atoms with Crippen LogP contribution in [0.5, 0.6) is 0 Å².